The second-order valence-corrected chi connectivity index (χ2v) is 5.99. The smallest absolute Gasteiger partial charge is 0.0474 e. The zero-order valence-corrected chi connectivity index (χ0v) is 11.6. The minimum Gasteiger partial charge on any atom is -0.396 e. The van der Waals surface area contributed by atoms with Crippen LogP contribution in [0.25, 0.3) is 0 Å². The third kappa shape index (κ3) is 4.52. The third-order valence-corrected chi connectivity index (χ3v) is 4.68. The van der Waals surface area contributed by atoms with Crippen molar-refractivity contribution < 1.29 is 9.84 Å². The fourth-order valence-corrected chi connectivity index (χ4v) is 3.40. The Balaban J connectivity index is 1.48. The SMILES string of the molecule is OCC1CCCC1NCCCCC1CCOCC1. The Bertz CT molecular complexity index is 217. The number of aliphatic hydroxyl groups is 1. The Morgan fingerprint density at radius 2 is 1.89 bits per heavy atom. The summed E-state index contributed by atoms with van der Waals surface area (Å²) in [6, 6.07) is 0.582. The second kappa shape index (κ2) is 8.13. The van der Waals surface area contributed by atoms with Gasteiger partial charge < -0.3 is 15.2 Å². The zero-order valence-electron chi connectivity index (χ0n) is 11.6. The van der Waals surface area contributed by atoms with Crippen LogP contribution in [0.1, 0.15) is 51.4 Å². The van der Waals surface area contributed by atoms with Gasteiger partial charge in [0.25, 0.3) is 0 Å². The van der Waals surface area contributed by atoms with Crippen molar-refractivity contribution in [3.8, 4) is 0 Å². The first kappa shape index (κ1) is 14.3. The molecule has 1 saturated heterocycles. The van der Waals surface area contributed by atoms with Gasteiger partial charge in [-0.05, 0) is 50.5 Å². The van der Waals surface area contributed by atoms with E-state index in [0.29, 0.717) is 18.6 Å². The van der Waals surface area contributed by atoms with Gasteiger partial charge in [-0.2, -0.15) is 0 Å². The van der Waals surface area contributed by atoms with Gasteiger partial charge in [-0.1, -0.05) is 19.3 Å². The molecule has 0 radical (unpaired) electrons. The topological polar surface area (TPSA) is 41.5 Å². The molecular formula is C15H29NO2. The fourth-order valence-electron chi connectivity index (χ4n) is 3.40. The summed E-state index contributed by atoms with van der Waals surface area (Å²) >= 11 is 0. The summed E-state index contributed by atoms with van der Waals surface area (Å²) in [5.74, 6) is 1.43. The lowest BCUT2D eigenvalue weighted by atomic mass is 9.94. The number of aliphatic hydroxyl groups excluding tert-OH is 1. The third-order valence-electron chi connectivity index (χ3n) is 4.68. The highest BCUT2D eigenvalue weighted by Gasteiger charge is 2.25. The van der Waals surface area contributed by atoms with Gasteiger partial charge in [0.1, 0.15) is 0 Å². The molecule has 1 heterocycles. The number of ether oxygens (including phenoxy) is 1. The molecule has 0 amide bonds. The number of hydrogen-bond acceptors (Lipinski definition) is 3. The maximum Gasteiger partial charge on any atom is 0.0474 e. The number of unbranched alkanes of at least 4 members (excludes halogenated alkanes) is 1. The highest BCUT2D eigenvalue weighted by atomic mass is 16.5. The van der Waals surface area contributed by atoms with Crippen molar-refractivity contribution in [2.75, 3.05) is 26.4 Å². The molecule has 1 aliphatic carbocycles. The molecule has 3 heteroatoms. The zero-order chi connectivity index (χ0) is 12.6. The van der Waals surface area contributed by atoms with Crippen molar-refractivity contribution in [2.24, 2.45) is 11.8 Å². The van der Waals surface area contributed by atoms with E-state index in [4.69, 9.17) is 4.74 Å². The molecule has 1 saturated carbocycles. The van der Waals surface area contributed by atoms with Crippen LogP contribution in [0.3, 0.4) is 0 Å². The van der Waals surface area contributed by atoms with Crippen LogP contribution in [0.4, 0.5) is 0 Å². The van der Waals surface area contributed by atoms with Crippen molar-refractivity contribution in [3.63, 3.8) is 0 Å². The van der Waals surface area contributed by atoms with Gasteiger partial charge in [0.2, 0.25) is 0 Å². The molecule has 2 N–H and O–H groups in total. The van der Waals surface area contributed by atoms with Crippen LogP contribution in [0.2, 0.25) is 0 Å². The number of rotatable bonds is 7. The molecular weight excluding hydrogens is 226 g/mol. The first-order chi connectivity index (χ1) is 8.90. The van der Waals surface area contributed by atoms with E-state index in [-0.39, 0.29) is 0 Å². The van der Waals surface area contributed by atoms with Gasteiger partial charge in [0.05, 0.1) is 0 Å². The van der Waals surface area contributed by atoms with Crippen LogP contribution in [-0.4, -0.2) is 37.5 Å². The number of nitrogens with one attached hydrogen (secondary N) is 1. The molecule has 0 bridgehead atoms. The van der Waals surface area contributed by atoms with E-state index < -0.39 is 0 Å². The van der Waals surface area contributed by atoms with Crippen LogP contribution >= 0.6 is 0 Å². The lowest BCUT2D eigenvalue weighted by molar-refractivity contribution is 0.0631. The van der Waals surface area contributed by atoms with Crippen LogP contribution in [-0.2, 0) is 4.74 Å². The Morgan fingerprint density at radius 1 is 1.06 bits per heavy atom. The van der Waals surface area contributed by atoms with Crippen LogP contribution in [0.5, 0.6) is 0 Å². The van der Waals surface area contributed by atoms with Gasteiger partial charge in [-0.25, -0.2) is 0 Å². The summed E-state index contributed by atoms with van der Waals surface area (Å²) in [5.41, 5.74) is 0. The van der Waals surface area contributed by atoms with Gasteiger partial charge >= 0.3 is 0 Å². The maximum atomic E-state index is 9.26. The van der Waals surface area contributed by atoms with Crippen LogP contribution in [0.15, 0.2) is 0 Å². The predicted octanol–water partition coefficient (Wildman–Crippen LogP) is 2.33. The Labute approximate surface area is 111 Å². The van der Waals surface area contributed by atoms with E-state index in [1.165, 1.54) is 51.4 Å². The molecule has 0 aromatic carbocycles. The molecule has 2 unspecified atom stereocenters. The van der Waals surface area contributed by atoms with E-state index in [9.17, 15) is 5.11 Å². The largest absolute Gasteiger partial charge is 0.396 e. The monoisotopic (exact) mass is 255 g/mol. The lowest BCUT2D eigenvalue weighted by Gasteiger charge is -2.22. The molecule has 18 heavy (non-hydrogen) atoms. The summed E-state index contributed by atoms with van der Waals surface area (Å²) in [6.45, 7) is 3.44. The molecule has 0 spiro atoms. The molecule has 2 aliphatic rings. The molecule has 1 aliphatic heterocycles. The first-order valence-electron chi connectivity index (χ1n) is 7.82. The van der Waals surface area contributed by atoms with Gasteiger partial charge in [0.15, 0.2) is 0 Å². The van der Waals surface area contributed by atoms with Crippen molar-refractivity contribution >= 4 is 0 Å². The van der Waals surface area contributed by atoms with E-state index in [2.05, 4.69) is 5.32 Å². The first-order valence-corrected chi connectivity index (χ1v) is 7.82. The van der Waals surface area contributed by atoms with E-state index in [0.717, 1.165) is 25.7 Å². The highest BCUT2D eigenvalue weighted by Crippen LogP contribution is 2.25. The highest BCUT2D eigenvalue weighted by molar-refractivity contribution is 4.82. The normalized spacial score (nSPS) is 29.8. The lowest BCUT2D eigenvalue weighted by Crippen LogP contribution is -2.34. The summed E-state index contributed by atoms with van der Waals surface area (Å²) in [4.78, 5) is 0. The standard InChI is InChI=1S/C15H29NO2/c17-12-14-5-3-6-15(14)16-9-2-1-4-13-7-10-18-11-8-13/h13-17H,1-12H2. The summed E-state index contributed by atoms with van der Waals surface area (Å²) in [5, 5.41) is 12.9. The van der Waals surface area contributed by atoms with E-state index in [1.54, 1.807) is 0 Å². The van der Waals surface area contributed by atoms with Gasteiger partial charge in [-0.15, -0.1) is 0 Å². The van der Waals surface area contributed by atoms with E-state index >= 15 is 0 Å². The van der Waals surface area contributed by atoms with Crippen molar-refractivity contribution in [3.05, 3.63) is 0 Å². The van der Waals surface area contributed by atoms with Gasteiger partial charge in [0, 0.05) is 25.9 Å². The van der Waals surface area contributed by atoms with Crippen molar-refractivity contribution in [1.82, 2.24) is 5.32 Å². The van der Waals surface area contributed by atoms with Gasteiger partial charge in [-0.3, -0.25) is 0 Å². The average Bonchev–Trinajstić information content (AvgIpc) is 2.87. The quantitative estimate of drug-likeness (QED) is 0.686. The molecule has 0 aromatic rings. The molecule has 0 aromatic heterocycles. The minimum absolute atomic E-state index is 0.361. The second-order valence-electron chi connectivity index (χ2n) is 5.99. The molecule has 2 fully saturated rings. The fraction of sp³-hybridized carbons (Fsp3) is 1.00. The number of hydrogen-bond donors (Lipinski definition) is 2. The summed E-state index contributed by atoms with van der Waals surface area (Å²) in [7, 11) is 0. The molecule has 3 nitrogen and oxygen atoms in total. The molecule has 2 rings (SSSR count). The van der Waals surface area contributed by atoms with Crippen molar-refractivity contribution in [2.45, 2.75) is 57.4 Å². The maximum absolute atomic E-state index is 9.26. The predicted molar refractivity (Wildman–Crippen MR) is 73.6 cm³/mol. The summed E-state index contributed by atoms with van der Waals surface area (Å²) in [6.07, 6.45) is 10.3. The molecule has 106 valence electrons. The Morgan fingerprint density at radius 3 is 2.67 bits per heavy atom. The van der Waals surface area contributed by atoms with Crippen LogP contribution < -0.4 is 5.32 Å². The van der Waals surface area contributed by atoms with E-state index in [1.807, 2.05) is 0 Å². The minimum atomic E-state index is 0.361. The van der Waals surface area contributed by atoms with Crippen molar-refractivity contribution in [1.29, 1.82) is 0 Å². The molecule has 2 atom stereocenters. The Kier molecular flexibility index (Phi) is 6.46. The van der Waals surface area contributed by atoms with Crippen LogP contribution in [0, 0.1) is 11.8 Å². The summed E-state index contributed by atoms with van der Waals surface area (Å²) < 4.78 is 5.38. The Hall–Kier alpha value is -0.120. The average molecular weight is 255 g/mol.